The number of aryl methyl sites for hydroxylation is 1. The molecular formula is C14H16N2O. The number of hydrogen-bond acceptors (Lipinski definition) is 2. The summed E-state index contributed by atoms with van der Waals surface area (Å²) in [5.74, 6) is 2.39. The van der Waals surface area contributed by atoms with Crippen molar-refractivity contribution in [3.63, 3.8) is 0 Å². The fourth-order valence-corrected chi connectivity index (χ4v) is 2.15. The zero-order valence-electron chi connectivity index (χ0n) is 9.78. The van der Waals surface area contributed by atoms with E-state index in [4.69, 9.17) is 6.42 Å². The maximum atomic E-state index is 11.6. The van der Waals surface area contributed by atoms with E-state index in [1.54, 1.807) is 0 Å². The van der Waals surface area contributed by atoms with Crippen molar-refractivity contribution in [1.29, 1.82) is 0 Å². The molecule has 1 aromatic rings. The molecule has 0 bridgehead atoms. The first-order valence-corrected chi connectivity index (χ1v) is 5.84. The SMILES string of the molecule is C#CCNC(=O)CN1CCCc2ccccc21. The maximum absolute atomic E-state index is 11.6. The van der Waals surface area contributed by atoms with Crippen molar-refractivity contribution in [1.82, 2.24) is 5.32 Å². The van der Waals surface area contributed by atoms with Gasteiger partial charge in [0.25, 0.3) is 0 Å². The number of rotatable bonds is 3. The number of carbonyl (C=O) groups is 1. The van der Waals surface area contributed by atoms with E-state index < -0.39 is 0 Å². The highest BCUT2D eigenvalue weighted by Crippen LogP contribution is 2.25. The van der Waals surface area contributed by atoms with E-state index in [1.807, 2.05) is 12.1 Å². The number of carbonyl (C=O) groups excluding carboxylic acids is 1. The molecule has 1 aliphatic heterocycles. The zero-order chi connectivity index (χ0) is 12.1. The molecule has 2 rings (SSSR count). The number of anilines is 1. The van der Waals surface area contributed by atoms with E-state index >= 15 is 0 Å². The Morgan fingerprint density at radius 2 is 2.29 bits per heavy atom. The Morgan fingerprint density at radius 1 is 1.47 bits per heavy atom. The van der Waals surface area contributed by atoms with Gasteiger partial charge in [0.2, 0.25) is 5.91 Å². The average Bonchev–Trinajstić information content (AvgIpc) is 2.37. The lowest BCUT2D eigenvalue weighted by Gasteiger charge is -2.30. The lowest BCUT2D eigenvalue weighted by Crippen LogP contribution is -2.39. The van der Waals surface area contributed by atoms with E-state index in [0.717, 1.165) is 19.4 Å². The third-order valence-corrected chi connectivity index (χ3v) is 2.93. The summed E-state index contributed by atoms with van der Waals surface area (Å²) in [6.07, 6.45) is 7.30. The van der Waals surface area contributed by atoms with Crippen molar-refractivity contribution in [2.24, 2.45) is 0 Å². The van der Waals surface area contributed by atoms with E-state index in [-0.39, 0.29) is 5.91 Å². The molecule has 0 unspecified atom stereocenters. The highest BCUT2D eigenvalue weighted by atomic mass is 16.2. The Balaban J connectivity index is 2.04. The van der Waals surface area contributed by atoms with Crippen LogP contribution in [0.2, 0.25) is 0 Å². The van der Waals surface area contributed by atoms with Crippen LogP contribution in [0.4, 0.5) is 5.69 Å². The summed E-state index contributed by atoms with van der Waals surface area (Å²) < 4.78 is 0. The number of nitrogens with zero attached hydrogens (tertiary/aromatic N) is 1. The van der Waals surface area contributed by atoms with Crippen LogP contribution in [-0.2, 0) is 11.2 Å². The Kier molecular flexibility index (Phi) is 3.66. The largest absolute Gasteiger partial charge is 0.362 e. The summed E-state index contributed by atoms with van der Waals surface area (Å²) in [7, 11) is 0. The van der Waals surface area contributed by atoms with Crippen LogP contribution in [0.3, 0.4) is 0 Å². The fraction of sp³-hybridized carbons (Fsp3) is 0.357. The lowest BCUT2D eigenvalue weighted by atomic mass is 10.0. The van der Waals surface area contributed by atoms with Crippen LogP contribution in [0.15, 0.2) is 24.3 Å². The molecular weight excluding hydrogens is 212 g/mol. The zero-order valence-corrected chi connectivity index (χ0v) is 9.78. The third-order valence-electron chi connectivity index (χ3n) is 2.93. The van der Waals surface area contributed by atoms with Crippen LogP contribution < -0.4 is 10.2 Å². The van der Waals surface area contributed by atoms with Gasteiger partial charge >= 0.3 is 0 Å². The molecule has 1 amide bonds. The Morgan fingerprint density at radius 3 is 3.12 bits per heavy atom. The first-order chi connectivity index (χ1) is 8.31. The first-order valence-electron chi connectivity index (χ1n) is 5.84. The highest BCUT2D eigenvalue weighted by Gasteiger charge is 2.17. The minimum absolute atomic E-state index is 0.0142. The molecule has 3 heteroatoms. The van der Waals surface area contributed by atoms with Crippen molar-refractivity contribution in [2.75, 3.05) is 24.5 Å². The van der Waals surface area contributed by atoms with Gasteiger partial charge < -0.3 is 10.2 Å². The minimum atomic E-state index is -0.0142. The normalized spacial score (nSPS) is 13.7. The summed E-state index contributed by atoms with van der Waals surface area (Å²) in [6, 6.07) is 8.25. The molecule has 0 spiro atoms. The van der Waals surface area contributed by atoms with Gasteiger partial charge in [-0.25, -0.2) is 0 Å². The van der Waals surface area contributed by atoms with Crippen molar-refractivity contribution in [2.45, 2.75) is 12.8 Å². The molecule has 0 saturated heterocycles. The summed E-state index contributed by atoms with van der Waals surface area (Å²) in [5.41, 5.74) is 2.50. The molecule has 0 atom stereocenters. The molecule has 17 heavy (non-hydrogen) atoms. The standard InChI is InChI=1S/C14H16N2O/c1-2-9-15-14(17)11-16-10-5-7-12-6-3-4-8-13(12)16/h1,3-4,6,8H,5,7,9-11H2,(H,15,17). The summed E-state index contributed by atoms with van der Waals surface area (Å²) in [6.45, 7) is 1.62. The van der Waals surface area contributed by atoms with Gasteiger partial charge in [-0.05, 0) is 24.5 Å². The van der Waals surface area contributed by atoms with Gasteiger partial charge in [0, 0.05) is 12.2 Å². The number of para-hydroxylation sites is 1. The van der Waals surface area contributed by atoms with Gasteiger partial charge in [0.15, 0.2) is 0 Å². The second kappa shape index (κ2) is 5.40. The average molecular weight is 228 g/mol. The molecule has 3 nitrogen and oxygen atoms in total. The second-order valence-electron chi connectivity index (χ2n) is 4.13. The number of terminal acetylenes is 1. The van der Waals surface area contributed by atoms with Gasteiger partial charge in [-0.15, -0.1) is 6.42 Å². The first kappa shape index (κ1) is 11.5. The van der Waals surface area contributed by atoms with Gasteiger partial charge in [0.1, 0.15) is 0 Å². The van der Waals surface area contributed by atoms with Crippen LogP contribution in [0.5, 0.6) is 0 Å². The van der Waals surface area contributed by atoms with Crippen molar-refractivity contribution < 1.29 is 4.79 Å². The molecule has 0 radical (unpaired) electrons. The molecule has 0 fully saturated rings. The Labute approximate surface area is 102 Å². The Bertz CT molecular complexity index is 448. The number of nitrogens with one attached hydrogen (secondary N) is 1. The maximum Gasteiger partial charge on any atom is 0.240 e. The topological polar surface area (TPSA) is 32.3 Å². The van der Waals surface area contributed by atoms with E-state index in [9.17, 15) is 4.79 Å². The summed E-state index contributed by atoms with van der Waals surface area (Å²) >= 11 is 0. The molecule has 1 N–H and O–H groups in total. The lowest BCUT2D eigenvalue weighted by molar-refractivity contribution is -0.119. The van der Waals surface area contributed by atoms with Gasteiger partial charge in [-0.3, -0.25) is 4.79 Å². The number of benzene rings is 1. The van der Waals surface area contributed by atoms with Crippen LogP contribution >= 0.6 is 0 Å². The van der Waals surface area contributed by atoms with Crippen molar-refractivity contribution in [3.8, 4) is 12.3 Å². The third kappa shape index (κ3) is 2.79. The Hall–Kier alpha value is -1.95. The van der Waals surface area contributed by atoms with Crippen LogP contribution in [0.1, 0.15) is 12.0 Å². The van der Waals surface area contributed by atoms with Gasteiger partial charge in [-0.1, -0.05) is 24.1 Å². The van der Waals surface area contributed by atoms with E-state index in [1.165, 1.54) is 11.3 Å². The van der Waals surface area contributed by atoms with Crippen LogP contribution in [0.25, 0.3) is 0 Å². The number of fused-ring (bicyclic) bond motifs is 1. The molecule has 88 valence electrons. The van der Waals surface area contributed by atoms with Crippen molar-refractivity contribution >= 4 is 11.6 Å². The smallest absolute Gasteiger partial charge is 0.240 e. The summed E-state index contributed by atoms with van der Waals surface area (Å²) in [4.78, 5) is 13.7. The second-order valence-corrected chi connectivity index (χ2v) is 4.13. The van der Waals surface area contributed by atoms with Crippen LogP contribution in [0, 0.1) is 12.3 Å². The predicted octanol–water partition coefficient (Wildman–Crippen LogP) is 1.19. The fourth-order valence-electron chi connectivity index (χ4n) is 2.15. The van der Waals surface area contributed by atoms with Gasteiger partial charge in [-0.2, -0.15) is 0 Å². The number of amides is 1. The summed E-state index contributed by atoms with van der Waals surface area (Å²) in [5, 5.41) is 2.69. The highest BCUT2D eigenvalue weighted by molar-refractivity contribution is 5.82. The van der Waals surface area contributed by atoms with E-state index in [0.29, 0.717) is 13.1 Å². The van der Waals surface area contributed by atoms with Crippen LogP contribution in [-0.4, -0.2) is 25.5 Å². The minimum Gasteiger partial charge on any atom is -0.362 e. The molecule has 0 saturated carbocycles. The number of hydrogen-bond donors (Lipinski definition) is 1. The molecule has 1 aromatic carbocycles. The molecule has 0 aromatic heterocycles. The molecule has 1 heterocycles. The van der Waals surface area contributed by atoms with Gasteiger partial charge in [0.05, 0.1) is 13.1 Å². The molecule has 1 aliphatic rings. The van der Waals surface area contributed by atoms with Crippen molar-refractivity contribution in [3.05, 3.63) is 29.8 Å². The van der Waals surface area contributed by atoms with E-state index in [2.05, 4.69) is 28.3 Å². The monoisotopic (exact) mass is 228 g/mol. The molecule has 0 aliphatic carbocycles. The quantitative estimate of drug-likeness (QED) is 0.788. The predicted molar refractivity (Wildman–Crippen MR) is 68.8 cm³/mol.